The lowest BCUT2D eigenvalue weighted by Gasteiger charge is -2.32. The monoisotopic (exact) mass is 345 g/mol. The topological polar surface area (TPSA) is 70.6 Å². The van der Waals surface area contributed by atoms with Gasteiger partial charge in [-0.1, -0.05) is 0 Å². The first-order valence-electron chi connectivity index (χ1n) is 7.30. The molecule has 1 aromatic heterocycles. The second kappa shape index (κ2) is 6.25. The summed E-state index contributed by atoms with van der Waals surface area (Å²) in [4.78, 5) is 18.9. The molecule has 22 heavy (non-hydrogen) atoms. The first kappa shape index (κ1) is 17.4. The highest BCUT2D eigenvalue weighted by Crippen LogP contribution is 2.39. The number of aryl methyl sites for hydroxylation is 2. The fraction of sp³-hybridized carbons (Fsp3) is 0.714. The summed E-state index contributed by atoms with van der Waals surface area (Å²) in [5.41, 5.74) is 1.01. The van der Waals surface area contributed by atoms with Crippen molar-refractivity contribution in [1.29, 1.82) is 0 Å². The number of nitrogens with zero attached hydrogens (tertiary/aromatic N) is 3. The average Bonchev–Trinajstić information content (AvgIpc) is 2.84. The summed E-state index contributed by atoms with van der Waals surface area (Å²) >= 11 is 1.56. The zero-order chi connectivity index (χ0) is 16.7. The number of sulfonamides is 1. The van der Waals surface area contributed by atoms with Crippen LogP contribution in [0.4, 0.5) is 0 Å². The molecule has 0 aromatic carbocycles. The van der Waals surface area contributed by atoms with Crippen molar-refractivity contribution in [2.45, 2.75) is 44.4 Å². The molecule has 0 N–H and O–H groups in total. The van der Waals surface area contributed by atoms with Crippen LogP contribution in [0.1, 0.15) is 41.4 Å². The van der Waals surface area contributed by atoms with Gasteiger partial charge in [0.1, 0.15) is 0 Å². The van der Waals surface area contributed by atoms with Crippen LogP contribution in [0.2, 0.25) is 0 Å². The van der Waals surface area contributed by atoms with E-state index in [1.807, 2.05) is 6.92 Å². The van der Waals surface area contributed by atoms with Crippen LogP contribution in [0, 0.1) is 6.92 Å². The fourth-order valence-corrected chi connectivity index (χ4v) is 5.53. The fourth-order valence-electron chi connectivity index (χ4n) is 2.78. The van der Waals surface area contributed by atoms with Gasteiger partial charge in [0.15, 0.2) is 5.25 Å². The van der Waals surface area contributed by atoms with Crippen molar-refractivity contribution in [3.63, 3.8) is 0 Å². The molecule has 2 unspecified atom stereocenters. The van der Waals surface area contributed by atoms with E-state index in [2.05, 4.69) is 4.98 Å². The SMILES string of the molecule is Cc1nc2c(s1)C(N(C)S(=O)(=O)C(C)C(=O)N(C)C)CCC2. The highest BCUT2D eigenvalue weighted by Gasteiger charge is 2.39. The van der Waals surface area contributed by atoms with Gasteiger partial charge in [0.05, 0.1) is 16.7 Å². The van der Waals surface area contributed by atoms with Gasteiger partial charge in [-0.25, -0.2) is 13.4 Å². The van der Waals surface area contributed by atoms with E-state index >= 15 is 0 Å². The number of rotatable bonds is 4. The molecule has 1 aliphatic carbocycles. The molecular weight excluding hydrogens is 322 g/mol. The summed E-state index contributed by atoms with van der Waals surface area (Å²) in [6.07, 6.45) is 2.58. The van der Waals surface area contributed by atoms with Gasteiger partial charge in [0.2, 0.25) is 15.9 Å². The molecule has 0 bridgehead atoms. The molecule has 2 atom stereocenters. The molecule has 0 aliphatic heterocycles. The Hall–Kier alpha value is -0.990. The third-order valence-electron chi connectivity index (χ3n) is 4.10. The normalized spacial score (nSPS) is 19.8. The van der Waals surface area contributed by atoms with Crippen molar-refractivity contribution >= 4 is 27.3 Å². The summed E-state index contributed by atoms with van der Waals surface area (Å²) in [6.45, 7) is 3.39. The van der Waals surface area contributed by atoms with Gasteiger partial charge in [-0.3, -0.25) is 4.79 Å². The standard InChI is InChI=1S/C14H23N3O3S2/c1-9(14(18)16(3)4)22(19,20)17(5)12-8-6-7-11-13(12)21-10(2)15-11/h9,12H,6-8H2,1-5H3. The molecule has 0 fully saturated rings. The largest absolute Gasteiger partial charge is 0.348 e. The molecule has 6 nitrogen and oxygen atoms in total. The third-order valence-corrected chi connectivity index (χ3v) is 7.37. The maximum Gasteiger partial charge on any atom is 0.241 e. The second-order valence-electron chi connectivity index (χ2n) is 5.89. The van der Waals surface area contributed by atoms with E-state index in [0.29, 0.717) is 0 Å². The van der Waals surface area contributed by atoms with E-state index in [1.165, 1.54) is 16.1 Å². The summed E-state index contributed by atoms with van der Waals surface area (Å²) in [5.74, 6) is -0.400. The molecule has 0 saturated heterocycles. The van der Waals surface area contributed by atoms with E-state index in [1.54, 1.807) is 32.5 Å². The number of carbonyl (C=O) groups is 1. The first-order valence-corrected chi connectivity index (χ1v) is 9.62. The Bertz CT molecular complexity index is 667. The Balaban J connectivity index is 2.32. The van der Waals surface area contributed by atoms with Gasteiger partial charge in [-0.15, -0.1) is 11.3 Å². The number of carbonyl (C=O) groups excluding carboxylic acids is 1. The van der Waals surface area contributed by atoms with Crippen LogP contribution in [0.15, 0.2) is 0 Å². The Labute approximate surface area is 136 Å². The maximum absolute atomic E-state index is 12.8. The van der Waals surface area contributed by atoms with Gasteiger partial charge < -0.3 is 4.90 Å². The lowest BCUT2D eigenvalue weighted by molar-refractivity contribution is -0.128. The van der Waals surface area contributed by atoms with Crippen LogP contribution >= 0.6 is 11.3 Å². The van der Waals surface area contributed by atoms with Gasteiger partial charge in [-0.05, 0) is 33.1 Å². The second-order valence-corrected chi connectivity index (χ2v) is 9.44. The smallest absolute Gasteiger partial charge is 0.241 e. The van der Waals surface area contributed by atoms with Crippen LogP contribution in [0.5, 0.6) is 0 Å². The van der Waals surface area contributed by atoms with Crippen LogP contribution in [0.25, 0.3) is 0 Å². The first-order chi connectivity index (χ1) is 10.2. The lowest BCUT2D eigenvalue weighted by atomic mass is 9.98. The minimum Gasteiger partial charge on any atom is -0.348 e. The van der Waals surface area contributed by atoms with Crippen molar-refractivity contribution in [1.82, 2.24) is 14.2 Å². The average molecular weight is 345 g/mol. The predicted octanol–water partition coefficient (Wildman–Crippen LogP) is 1.57. The summed E-state index contributed by atoms with van der Waals surface area (Å²) in [7, 11) is 1.02. The van der Waals surface area contributed by atoms with Gasteiger partial charge >= 0.3 is 0 Å². The van der Waals surface area contributed by atoms with E-state index < -0.39 is 21.2 Å². The molecule has 0 saturated carbocycles. The Morgan fingerprint density at radius 3 is 2.59 bits per heavy atom. The lowest BCUT2D eigenvalue weighted by Crippen LogP contribution is -2.45. The Kier molecular flexibility index (Phi) is 4.93. The summed E-state index contributed by atoms with van der Waals surface area (Å²) < 4.78 is 26.9. The Morgan fingerprint density at radius 2 is 2.00 bits per heavy atom. The minimum absolute atomic E-state index is 0.211. The molecule has 1 heterocycles. The van der Waals surface area contributed by atoms with E-state index in [9.17, 15) is 13.2 Å². The minimum atomic E-state index is -3.70. The van der Waals surface area contributed by atoms with E-state index in [-0.39, 0.29) is 6.04 Å². The summed E-state index contributed by atoms with van der Waals surface area (Å²) in [5, 5.41) is -0.119. The van der Waals surface area contributed by atoms with Crippen molar-refractivity contribution in [2.24, 2.45) is 0 Å². The molecule has 0 radical (unpaired) electrons. The molecule has 1 aliphatic rings. The zero-order valence-corrected chi connectivity index (χ0v) is 15.3. The van der Waals surface area contributed by atoms with Crippen molar-refractivity contribution in [3.05, 3.63) is 15.6 Å². The number of amides is 1. The zero-order valence-electron chi connectivity index (χ0n) is 13.7. The van der Waals surface area contributed by atoms with Crippen molar-refractivity contribution < 1.29 is 13.2 Å². The van der Waals surface area contributed by atoms with Crippen molar-refractivity contribution in [3.8, 4) is 0 Å². The van der Waals surface area contributed by atoms with Gasteiger partial charge in [-0.2, -0.15) is 4.31 Å². The van der Waals surface area contributed by atoms with Gasteiger partial charge in [0.25, 0.3) is 0 Å². The van der Waals surface area contributed by atoms with Crippen LogP contribution in [0.3, 0.4) is 0 Å². The maximum atomic E-state index is 12.8. The van der Waals surface area contributed by atoms with Crippen LogP contribution in [-0.2, 0) is 21.2 Å². The highest BCUT2D eigenvalue weighted by molar-refractivity contribution is 7.90. The Morgan fingerprint density at radius 1 is 1.36 bits per heavy atom. The molecule has 1 aromatic rings. The quantitative estimate of drug-likeness (QED) is 0.830. The predicted molar refractivity (Wildman–Crippen MR) is 87.4 cm³/mol. The van der Waals surface area contributed by atoms with Gasteiger partial charge in [0, 0.05) is 26.0 Å². The summed E-state index contributed by atoms with van der Waals surface area (Å²) in [6, 6.07) is -0.211. The molecule has 0 spiro atoms. The molecule has 8 heteroatoms. The highest BCUT2D eigenvalue weighted by atomic mass is 32.2. The number of thiazole rings is 1. The number of hydrogen-bond acceptors (Lipinski definition) is 5. The number of hydrogen-bond donors (Lipinski definition) is 0. The molecule has 2 rings (SSSR count). The van der Waals surface area contributed by atoms with Crippen LogP contribution < -0.4 is 0 Å². The molecule has 124 valence electrons. The molecular formula is C14H23N3O3S2. The van der Waals surface area contributed by atoms with Crippen LogP contribution in [-0.4, -0.2) is 54.9 Å². The number of aromatic nitrogens is 1. The van der Waals surface area contributed by atoms with E-state index in [4.69, 9.17) is 0 Å². The van der Waals surface area contributed by atoms with E-state index in [0.717, 1.165) is 34.8 Å². The van der Waals surface area contributed by atoms with Crippen molar-refractivity contribution in [2.75, 3.05) is 21.1 Å². The molecule has 1 amide bonds. The third kappa shape index (κ3) is 3.04. The number of fused-ring (bicyclic) bond motifs is 1.